The zero-order valence-corrected chi connectivity index (χ0v) is 12.7. The van der Waals surface area contributed by atoms with Gasteiger partial charge in [0, 0.05) is 12.4 Å². The van der Waals surface area contributed by atoms with E-state index in [0.29, 0.717) is 11.3 Å². The number of nitrogens with zero attached hydrogens (tertiary/aromatic N) is 2. The van der Waals surface area contributed by atoms with Gasteiger partial charge in [0.1, 0.15) is 10.6 Å². The highest BCUT2D eigenvalue weighted by Crippen LogP contribution is 2.42. The topological polar surface area (TPSA) is 35.0 Å². The average Bonchev–Trinajstić information content (AvgIpc) is 2.46. The van der Waals surface area contributed by atoms with Crippen LogP contribution < -0.4 is 4.74 Å². The fourth-order valence-electron chi connectivity index (χ4n) is 2.16. The third kappa shape index (κ3) is 3.50. The maximum atomic E-state index is 12.2. The first-order valence-electron chi connectivity index (χ1n) is 6.55. The van der Waals surface area contributed by atoms with Gasteiger partial charge in [-0.3, -0.25) is 9.97 Å². The Balaban J connectivity index is 2.38. The molecule has 7 heteroatoms. The fourth-order valence-corrected chi connectivity index (χ4v) is 2.39. The minimum absolute atomic E-state index is 0.0553. The first-order valence-corrected chi connectivity index (χ1v) is 6.93. The van der Waals surface area contributed by atoms with Gasteiger partial charge in [0.15, 0.2) is 0 Å². The van der Waals surface area contributed by atoms with Crippen LogP contribution in [0.1, 0.15) is 25.1 Å². The molecule has 0 aliphatic rings. The minimum Gasteiger partial charge on any atom is -0.406 e. The van der Waals surface area contributed by atoms with Crippen LogP contribution in [0.15, 0.2) is 42.9 Å². The number of rotatable bonds is 4. The summed E-state index contributed by atoms with van der Waals surface area (Å²) >= 11 is 6.74. The van der Waals surface area contributed by atoms with E-state index in [2.05, 4.69) is 14.7 Å². The van der Waals surface area contributed by atoms with E-state index in [1.807, 2.05) is 13.8 Å². The van der Waals surface area contributed by atoms with Crippen molar-refractivity contribution in [3.8, 4) is 5.75 Å². The summed E-state index contributed by atoms with van der Waals surface area (Å²) in [6.45, 7) is 3.81. The molecule has 2 rings (SSSR count). The van der Waals surface area contributed by atoms with Crippen LogP contribution in [0.3, 0.4) is 0 Å². The van der Waals surface area contributed by atoms with Crippen LogP contribution in [-0.4, -0.2) is 16.3 Å². The van der Waals surface area contributed by atoms with E-state index < -0.39 is 11.2 Å². The van der Waals surface area contributed by atoms with E-state index in [1.54, 1.807) is 6.20 Å². The highest BCUT2D eigenvalue weighted by molar-refractivity contribution is 6.26. The third-order valence-electron chi connectivity index (χ3n) is 3.24. The van der Waals surface area contributed by atoms with E-state index in [0.717, 1.165) is 0 Å². The van der Waals surface area contributed by atoms with Crippen molar-refractivity contribution in [3.05, 3.63) is 54.1 Å². The molecular weight excluding hydrogens is 317 g/mol. The number of alkyl halides is 4. The van der Waals surface area contributed by atoms with Gasteiger partial charge in [-0.1, -0.05) is 26.0 Å². The molecule has 118 valence electrons. The molecule has 0 fully saturated rings. The molecule has 0 N–H and O–H groups in total. The third-order valence-corrected chi connectivity index (χ3v) is 4.09. The second-order valence-electron chi connectivity index (χ2n) is 5.03. The van der Waals surface area contributed by atoms with E-state index in [9.17, 15) is 13.2 Å². The zero-order valence-electron chi connectivity index (χ0n) is 11.9. The number of benzene rings is 1. The second kappa shape index (κ2) is 6.12. The first-order chi connectivity index (χ1) is 10.2. The van der Waals surface area contributed by atoms with Crippen LogP contribution in [0.4, 0.5) is 13.2 Å². The Hall–Kier alpha value is -1.82. The van der Waals surface area contributed by atoms with Crippen LogP contribution >= 0.6 is 11.6 Å². The first kappa shape index (κ1) is 16.5. The number of halogens is 4. The van der Waals surface area contributed by atoms with Gasteiger partial charge in [0.2, 0.25) is 0 Å². The molecule has 1 atom stereocenters. The monoisotopic (exact) mass is 330 g/mol. The van der Waals surface area contributed by atoms with Gasteiger partial charge in [-0.05, 0) is 23.6 Å². The lowest BCUT2D eigenvalue weighted by Crippen LogP contribution is -2.28. The molecule has 0 aliphatic carbocycles. The van der Waals surface area contributed by atoms with Gasteiger partial charge in [0.25, 0.3) is 0 Å². The number of aromatic nitrogens is 2. The van der Waals surface area contributed by atoms with E-state index in [4.69, 9.17) is 11.6 Å². The summed E-state index contributed by atoms with van der Waals surface area (Å²) in [6, 6.07) is 5.48. The second-order valence-corrected chi connectivity index (χ2v) is 5.63. The van der Waals surface area contributed by atoms with Gasteiger partial charge in [-0.2, -0.15) is 0 Å². The largest absolute Gasteiger partial charge is 0.573 e. The SMILES string of the molecule is CC(C)C(Cl)(c1ccc(OC(F)(F)F)cc1)c1cnccn1. The summed E-state index contributed by atoms with van der Waals surface area (Å²) in [4.78, 5) is 7.25. The highest BCUT2D eigenvalue weighted by Gasteiger charge is 2.37. The Morgan fingerprint density at radius 2 is 1.73 bits per heavy atom. The molecule has 0 bridgehead atoms. The van der Waals surface area contributed by atoms with Crippen molar-refractivity contribution >= 4 is 11.6 Å². The van der Waals surface area contributed by atoms with Gasteiger partial charge in [-0.25, -0.2) is 0 Å². The van der Waals surface area contributed by atoms with Gasteiger partial charge in [-0.15, -0.1) is 24.8 Å². The molecule has 1 heterocycles. The summed E-state index contributed by atoms with van der Waals surface area (Å²) < 4.78 is 40.5. The minimum atomic E-state index is -4.72. The predicted octanol–water partition coefficient (Wildman–Crippen LogP) is 4.51. The van der Waals surface area contributed by atoms with Crippen molar-refractivity contribution in [1.82, 2.24) is 9.97 Å². The Morgan fingerprint density at radius 1 is 1.09 bits per heavy atom. The van der Waals surface area contributed by atoms with Crippen molar-refractivity contribution in [2.45, 2.75) is 25.1 Å². The van der Waals surface area contributed by atoms with Gasteiger partial charge in [0.05, 0.1) is 11.9 Å². The van der Waals surface area contributed by atoms with Crippen LogP contribution in [0.2, 0.25) is 0 Å². The van der Waals surface area contributed by atoms with Crippen LogP contribution in [-0.2, 0) is 4.87 Å². The molecule has 0 amide bonds. The van der Waals surface area contributed by atoms with E-state index >= 15 is 0 Å². The lowest BCUT2D eigenvalue weighted by molar-refractivity contribution is -0.274. The molecule has 0 radical (unpaired) electrons. The van der Waals surface area contributed by atoms with Gasteiger partial charge >= 0.3 is 6.36 Å². The quantitative estimate of drug-likeness (QED) is 0.773. The molecule has 0 aliphatic heterocycles. The summed E-state index contributed by atoms with van der Waals surface area (Å²) in [5.41, 5.74) is 1.16. The molecular formula is C15H14ClF3N2O. The lowest BCUT2D eigenvalue weighted by Gasteiger charge is -2.31. The zero-order chi connectivity index (χ0) is 16.4. The van der Waals surface area contributed by atoms with Crippen molar-refractivity contribution in [2.75, 3.05) is 0 Å². The van der Waals surface area contributed by atoms with E-state index in [1.165, 1.54) is 36.7 Å². The average molecular weight is 331 g/mol. The summed E-state index contributed by atoms with van der Waals surface area (Å²) in [6.07, 6.45) is -0.118. The maximum absolute atomic E-state index is 12.2. The molecule has 2 aromatic rings. The maximum Gasteiger partial charge on any atom is 0.573 e. The number of hydrogen-bond donors (Lipinski definition) is 0. The van der Waals surface area contributed by atoms with Crippen LogP contribution in [0.25, 0.3) is 0 Å². The fraction of sp³-hybridized carbons (Fsp3) is 0.333. The Kier molecular flexibility index (Phi) is 4.60. The molecule has 1 aromatic heterocycles. The molecule has 1 unspecified atom stereocenters. The Bertz CT molecular complexity index is 617. The van der Waals surface area contributed by atoms with Gasteiger partial charge < -0.3 is 4.74 Å². The predicted molar refractivity (Wildman–Crippen MR) is 76.6 cm³/mol. The normalized spacial score (nSPS) is 14.7. The lowest BCUT2D eigenvalue weighted by atomic mass is 9.85. The number of hydrogen-bond acceptors (Lipinski definition) is 3. The highest BCUT2D eigenvalue weighted by atomic mass is 35.5. The Morgan fingerprint density at radius 3 is 2.18 bits per heavy atom. The van der Waals surface area contributed by atoms with Crippen LogP contribution in [0.5, 0.6) is 5.75 Å². The summed E-state index contributed by atoms with van der Waals surface area (Å²) in [5.74, 6) is -0.349. The van der Waals surface area contributed by atoms with Crippen molar-refractivity contribution < 1.29 is 17.9 Å². The van der Waals surface area contributed by atoms with Crippen molar-refractivity contribution in [1.29, 1.82) is 0 Å². The smallest absolute Gasteiger partial charge is 0.406 e. The van der Waals surface area contributed by atoms with E-state index in [-0.39, 0.29) is 11.7 Å². The molecule has 1 aromatic carbocycles. The molecule has 0 saturated heterocycles. The summed E-state index contributed by atoms with van der Waals surface area (Å²) in [7, 11) is 0. The summed E-state index contributed by atoms with van der Waals surface area (Å²) in [5, 5.41) is 0. The molecule has 3 nitrogen and oxygen atoms in total. The van der Waals surface area contributed by atoms with Crippen molar-refractivity contribution in [2.24, 2.45) is 5.92 Å². The number of ether oxygens (including phenoxy) is 1. The molecule has 22 heavy (non-hydrogen) atoms. The van der Waals surface area contributed by atoms with Crippen LogP contribution in [0, 0.1) is 5.92 Å². The standard InChI is InChI=1S/C15H14ClF3N2O/c1-10(2)14(16,13-9-20-7-8-21-13)11-3-5-12(6-4-11)22-15(17,18)19/h3-10H,1-2H3. The van der Waals surface area contributed by atoms with Crippen molar-refractivity contribution in [3.63, 3.8) is 0 Å². The molecule has 0 saturated carbocycles. The molecule has 0 spiro atoms. The Labute approximate surface area is 131 Å².